The highest BCUT2D eigenvalue weighted by Gasteiger charge is 2.34. The number of piperazine rings is 1. The molecule has 197 valence electrons. The molecule has 1 N–H and O–H groups in total. The SMILES string of the molecule is CC(C)c1ccccc1-c1c([N+](=O)[O-])[c]ccc1/C=C/C(=O)N1CCN(C(=O)OC(C)(C)C)C(CO)C1. The summed E-state index contributed by atoms with van der Waals surface area (Å²) in [6.07, 6.45) is 2.41. The van der Waals surface area contributed by atoms with Crippen LogP contribution in [0.5, 0.6) is 0 Å². The van der Waals surface area contributed by atoms with Crippen molar-refractivity contribution in [2.75, 3.05) is 26.2 Å². The zero-order valence-corrected chi connectivity index (χ0v) is 21.9. The van der Waals surface area contributed by atoms with E-state index >= 15 is 0 Å². The van der Waals surface area contributed by atoms with Gasteiger partial charge in [-0.2, -0.15) is 0 Å². The number of hydrogen-bond donors (Lipinski definition) is 1. The van der Waals surface area contributed by atoms with Gasteiger partial charge in [0.2, 0.25) is 5.91 Å². The van der Waals surface area contributed by atoms with Gasteiger partial charge in [0, 0.05) is 25.7 Å². The molecule has 1 unspecified atom stereocenters. The standard InChI is InChI=1S/C28H34N3O6/c1-19(2)22-10-6-7-11-23(22)26-20(9-8-12-24(26)31(35)36)13-14-25(33)29-15-16-30(21(17-29)18-32)27(34)37-28(3,4)5/h6-11,13-14,19,21,32H,15-18H2,1-5H3/b14-13+. The van der Waals surface area contributed by atoms with E-state index in [0.29, 0.717) is 11.1 Å². The molecule has 37 heavy (non-hydrogen) atoms. The van der Waals surface area contributed by atoms with Gasteiger partial charge in [0.25, 0.3) is 5.69 Å². The van der Waals surface area contributed by atoms with Crippen LogP contribution in [0.1, 0.15) is 51.7 Å². The number of nitro benzene ring substituents is 1. The predicted molar refractivity (Wildman–Crippen MR) is 141 cm³/mol. The monoisotopic (exact) mass is 508 g/mol. The molecule has 2 amide bonds. The molecule has 1 heterocycles. The normalized spacial score (nSPS) is 16.4. The van der Waals surface area contributed by atoms with Gasteiger partial charge in [-0.15, -0.1) is 0 Å². The molecule has 1 radical (unpaired) electrons. The summed E-state index contributed by atoms with van der Waals surface area (Å²) in [4.78, 5) is 40.0. The minimum Gasteiger partial charge on any atom is -0.444 e. The van der Waals surface area contributed by atoms with E-state index in [2.05, 4.69) is 6.07 Å². The van der Waals surface area contributed by atoms with Crippen LogP contribution in [0.4, 0.5) is 10.5 Å². The van der Waals surface area contributed by atoms with Crippen LogP contribution in [0.25, 0.3) is 17.2 Å². The first-order valence-corrected chi connectivity index (χ1v) is 12.3. The molecule has 0 spiro atoms. The average molecular weight is 509 g/mol. The Morgan fingerprint density at radius 3 is 2.57 bits per heavy atom. The molecule has 0 aliphatic carbocycles. The number of rotatable bonds is 6. The fraction of sp³-hybridized carbons (Fsp3) is 0.429. The van der Waals surface area contributed by atoms with Crippen molar-refractivity contribution < 1.29 is 24.4 Å². The molecule has 9 nitrogen and oxygen atoms in total. The minimum absolute atomic E-state index is 0.131. The molecule has 3 rings (SSSR count). The predicted octanol–water partition coefficient (Wildman–Crippen LogP) is 4.64. The molecule has 9 heteroatoms. The van der Waals surface area contributed by atoms with Crippen molar-refractivity contribution in [3.8, 4) is 11.1 Å². The Bertz CT molecular complexity index is 1180. The summed E-state index contributed by atoms with van der Waals surface area (Å²) in [5.41, 5.74) is 1.78. The molecule has 1 aliphatic rings. The third-order valence-corrected chi connectivity index (χ3v) is 6.08. The summed E-state index contributed by atoms with van der Waals surface area (Å²) in [5, 5.41) is 21.7. The van der Waals surface area contributed by atoms with Crippen molar-refractivity contribution in [3.63, 3.8) is 0 Å². The molecule has 0 saturated carbocycles. The van der Waals surface area contributed by atoms with Gasteiger partial charge in [-0.05, 0) is 55.5 Å². The first-order valence-electron chi connectivity index (χ1n) is 12.3. The van der Waals surface area contributed by atoms with E-state index in [4.69, 9.17) is 4.74 Å². The Balaban J connectivity index is 1.87. The number of ether oxygens (including phenoxy) is 1. The molecule has 1 aliphatic heterocycles. The summed E-state index contributed by atoms with van der Waals surface area (Å²) in [6.45, 7) is 9.65. The second kappa shape index (κ2) is 11.6. The molecule has 0 bridgehead atoms. The summed E-state index contributed by atoms with van der Waals surface area (Å²) >= 11 is 0. The zero-order valence-electron chi connectivity index (χ0n) is 21.9. The van der Waals surface area contributed by atoms with E-state index in [1.165, 1.54) is 17.0 Å². The van der Waals surface area contributed by atoms with Gasteiger partial charge in [-0.25, -0.2) is 4.79 Å². The van der Waals surface area contributed by atoms with E-state index < -0.39 is 22.7 Å². The average Bonchev–Trinajstić information content (AvgIpc) is 2.85. The van der Waals surface area contributed by atoms with E-state index in [1.807, 2.05) is 38.1 Å². The van der Waals surface area contributed by atoms with Crippen LogP contribution in [0, 0.1) is 16.2 Å². The van der Waals surface area contributed by atoms with E-state index in [-0.39, 0.29) is 43.8 Å². The summed E-state index contributed by atoms with van der Waals surface area (Å²) in [7, 11) is 0. The molecule has 0 aromatic heterocycles. The summed E-state index contributed by atoms with van der Waals surface area (Å²) in [6, 6.07) is 12.8. The van der Waals surface area contributed by atoms with Crippen LogP contribution < -0.4 is 0 Å². The summed E-state index contributed by atoms with van der Waals surface area (Å²) in [5.74, 6) is -0.188. The van der Waals surface area contributed by atoms with Gasteiger partial charge in [-0.1, -0.05) is 44.2 Å². The molecule has 1 fully saturated rings. The van der Waals surface area contributed by atoms with Crippen LogP contribution in [0.2, 0.25) is 0 Å². The van der Waals surface area contributed by atoms with Crippen molar-refractivity contribution in [3.05, 3.63) is 69.8 Å². The number of nitro groups is 1. The maximum Gasteiger partial charge on any atom is 0.410 e. The number of aliphatic hydroxyl groups is 1. The molecule has 2 aromatic carbocycles. The van der Waals surface area contributed by atoms with Gasteiger partial charge < -0.3 is 14.7 Å². The van der Waals surface area contributed by atoms with E-state index in [9.17, 15) is 24.8 Å². The lowest BCUT2D eigenvalue weighted by molar-refractivity contribution is -0.384. The van der Waals surface area contributed by atoms with Crippen molar-refractivity contribution in [1.29, 1.82) is 0 Å². The van der Waals surface area contributed by atoms with Crippen molar-refractivity contribution in [2.45, 2.75) is 52.2 Å². The Hall–Kier alpha value is -3.72. The number of nitrogens with zero attached hydrogens (tertiary/aromatic N) is 3. The maximum atomic E-state index is 13.1. The van der Waals surface area contributed by atoms with E-state index in [1.54, 1.807) is 37.8 Å². The fourth-order valence-corrected chi connectivity index (χ4v) is 4.34. The topological polar surface area (TPSA) is 113 Å². The number of carbonyl (C=O) groups excluding carboxylic acids is 2. The Morgan fingerprint density at radius 2 is 1.95 bits per heavy atom. The Morgan fingerprint density at radius 1 is 1.24 bits per heavy atom. The molecule has 2 aromatic rings. The van der Waals surface area contributed by atoms with Crippen LogP contribution >= 0.6 is 0 Å². The molecular formula is C28H34N3O6. The van der Waals surface area contributed by atoms with Gasteiger partial charge in [0.1, 0.15) is 5.60 Å². The van der Waals surface area contributed by atoms with Crippen LogP contribution in [0.3, 0.4) is 0 Å². The van der Waals surface area contributed by atoms with Gasteiger partial charge >= 0.3 is 6.09 Å². The third-order valence-electron chi connectivity index (χ3n) is 6.08. The number of hydrogen-bond acceptors (Lipinski definition) is 6. The van der Waals surface area contributed by atoms with Crippen LogP contribution in [-0.4, -0.2) is 69.7 Å². The van der Waals surface area contributed by atoms with Crippen LogP contribution in [0.15, 0.2) is 42.5 Å². The van der Waals surface area contributed by atoms with Gasteiger partial charge in [0.15, 0.2) is 0 Å². The second-order valence-electron chi connectivity index (χ2n) is 10.3. The number of amides is 2. The largest absolute Gasteiger partial charge is 0.444 e. The molecular weight excluding hydrogens is 474 g/mol. The minimum atomic E-state index is -0.672. The quantitative estimate of drug-likeness (QED) is 0.346. The highest BCUT2D eigenvalue weighted by atomic mass is 16.6. The highest BCUT2D eigenvalue weighted by Crippen LogP contribution is 2.38. The van der Waals surface area contributed by atoms with Crippen molar-refractivity contribution in [2.24, 2.45) is 0 Å². The zero-order chi connectivity index (χ0) is 27.3. The lowest BCUT2D eigenvalue weighted by Crippen LogP contribution is -2.58. The number of benzene rings is 2. The fourth-order valence-electron chi connectivity index (χ4n) is 4.34. The summed E-state index contributed by atoms with van der Waals surface area (Å²) < 4.78 is 5.42. The van der Waals surface area contributed by atoms with Gasteiger partial charge in [-0.3, -0.25) is 19.8 Å². The second-order valence-corrected chi connectivity index (χ2v) is 10.3. The number of aliphatic hydroxyl groups excluding tert-OH is 1. The molecule has 1 atom stereocenters. The first-order chi connectivity index (χ1) is 17.4. The lowest BCUT2D eigenvalue weighted by atomic mass is 9.89. The van der Waals surface area contributed by atoms with Crippen molar-refractivity contribution >= 4 is 23.8 Å². The smallest absolute Gasteiger partial charge is 0.410 e. The van der Waals surface area contributed by atoms with Gasteiger partial charge in [0.05, 0.1) is 29.2 Å². The maximum absolute atomic E-state index is 13.1. The van der Waals surface area contributed by atoms with Crippen molar-refractivity contribution in [1.82, 2.24) is 9.80 Å². The number of carbonyl (C=O) groups is 2. The Kier molecular flexibility index (Phi) is 8.70. The van der Waals surface area contributed by atoms with E-state index in [0.717, 1.165) is 11.1 Å². The highest BCUT2D eigenvalue weighted by molar-refractivity contribution is 5.94. The lowest BCUT2D eigenvalue weighted by Gasteiger charge is -2.40. The first kappa shape index (κ1) is 27.9. The van der Waals surface area contributed by atoms with Crippen LogP contribution in [-0.2, 0) is 9.53 Å². The third kappa shape index (κ3) is 6.74. The molecule has 1 saturated heterocycles. The Labute approximate surface area is 217 Å².